The Morgan fingerprint density at radius 1 is 1.38 bits per heavy atom. The molecule has 1 aliphatic heterocycles. The summed E-state index contributed by atoms with van der Waals surface area (Å²) in [6, 6.07) is 0. The van der Waals surface area contributed by atoms with Crippen LogP contribution in [0.3, 0.4) is 0 Å². The van der Waals surface area contributed by atoms with E-state index in [1.807, 2.05) is 0 Å². The van der Waals surface area contributed by atoms with Crippen LogP contribution >= 0.6 is 0 Å². The Morgan fingerprint density at radius 2 is 2.05 bits per heavy atom. The van der Waals surface area contributed by atoms with Crippen LogP contribution in [0.5, 0.6) is 0 Å². The summed E-state index contributed by atoms with van der Waals surface area (Å²) in [6.45, 7) is 12.9. The van der Waals surface area contributed by atoms with E-state index in [1.165, 1.54) is 0 Å². The standard InChI is InChI=1S/C17H34N2O2/c1-6-17(4,13-21-5)11-16(2,3)12-19-9-7-8-14(10-19)15(18)20/h14H,6-13H2,1-5H3,(H2,18,20). The van der Waals surface area contributed by atoms with Gasteiger partial charge in [-0.05, 0) is 43.1 Å². The lowest BCUT2D eigenvalue weighted by atomic mass is 9.72. The van der Waals surface area contributed by atoms with Crippen molar-refractivity contribution in [2.45, 2.75) is 53.4 Å². The van der Waals surface area contributed by atoms with Crippen molar-refractivity contribution >= 4 is 5.91 Å². The molecule has 1 aliphatic rings. The van der Waals surface area contributed by atoms with Gasteiger partial charge in [0, 0.05) is 20.2 Å². The molecule has 4 heteroatoms. The van der Waals surface area contributed by atoms with Gasteiger partial charge in [-0.15, -0.1) is 0 Å². The van der Waals surface area contributed by atoms with Crippen molar-refractivity contribution in [3.63, 3.8) is 0 Å². The summed E-state index contributed by atoms with van der Waals surface area (Å²) in [5.41, 5.74) is 5.90. The van der Waals surface area contributed by atoms with Gasteiger partial charge < -0.3 is 15.4 Å². The monoisotopic (exact) mass is 298 g/mol. The van der Waals surface area contributed by atoms with Crippen molar-refractivity contribution in [2.24, 2.45) is 22.5 Å². The minimum absolute atomic E-state index is 0.0334. The van der Waals surface area contributed by atoms with Crippen molar-refractivity contribution in [3.8, 4) is 0 Å². The fourth-order valence-corrected chi connectivity index (χ4v) is 3.87. The van der Waals surface area contributed by atoms with Gasteiger partial charge in [-0.2, -0.15) is 0 Å². The summed E-state index contributed by atoms with van der Waals surface area (Å²) in [5.74, 6) is -0.110. The van der Waals surface area contributed by atoms with E-state index < -0.39 is 0 Å². The summed E-state index contributed by atoms with van der Waals surface area (Å²) in [6.07, 6.45) is 4.27. The number of nitrogens with two attached hydrogens (primary N) is 1. The fourth-order valence-electron chi connectivity index (χ4n) is 3.87. The zero-order valence-corrected chi connectivity index (χ0v) is 14.6. The summed E-state index contributed by atoms with van der Waals surface area (Å²) in [7, 11) is 1.78. The lowest BCUT2D eigenvalue weighted by molar-refractivity contribution is -0.123. The molecule has 0 aromatic heterocycles. The number of hydrogen-bond acceptors (Lipinski definition) is 3. The molecule has 0 spiro atoms. The molecule has 1 rings (SSSR count). The normalized spacial score (nSPS) is 23.8. The SMILES string of the molecule is CCC(C)(COC)CC(C)(C)CN1CCCC(C(N)=O)C1. The van der Waals surface area contributed by atoms with Crippen molar-refractivity contribution < 1.29 is 9.53 Å². The first-order valence-corrected chi connectivity index (χ1v) is 8.22. The number of primary amides is 1. The number of ether oxygens (including phenoxy) is 1. The molecule has 0 bridgehead atoms. The van der Waals surface area contributed by atoms with E-state index in [2.05, 4.69) is 32.6 Å². The first kappa shape index (κ1) is 18.4. The van der Waals surface area contributed by atoms with Gasteiger partial charge in [-0.1, -0.05) is 27.7 Å². The molecule has 124 valence electrons. The van der Waals surface area contributed by atoms with E-state index in [-0.39, 0.29) is 22.7 Å². The van der Waals surface area contributed by atoms with Gasteiger partial charge in [0.2, 0.25) is 5.91 Å². The summed E-state index contributed by atoms with van der Waals surface area (Å²) in [5, 5.41) is 0. The van der Waals surface area contributed by atoms with Crippen LogP contribution in [0.1, 0.15) is 53.4 Å². The second-order valence-electron chi connectivity index (χ2n) is 7.91. The second kappa shape index (κ2) is 7.59. The largest absolute Gasteiger partial charge is 0.384 e. The molecule has 0 aromatic rings. The van der Waals surface area contributed by atoms with Crippen LogP contribution in [0, 0.1) is 16.7 Å². The third-order valence-electron chi connectivity index (χ3n) is 4.81. The third kappa shape index (κ3) is 5.95. The Balaban J connectivity index is 2.60. The molecule has 21 heavy (non-hydrogen) atoms. The Morgan fingerprint density at radius 3 is 2.57 bits per heavy atom. The van der Waals surface area contributed by atoms with Gasteiger partial charge in [0.05, 0.1) is 12.5 Å². The number of carbonyl (C=O) groups is 1. The lowest BCUT2D eigenvalue weighted by Gasteiger charge is -2.41. The zero-order chi connectivity index (χ0) is 16.1. The average Bonchev–Trinajstić information content (AvgIpc) is 2.38. The van der Waals surface area contributed by atoms with Crippen LogP contribution in [0.2, 0.25) is 0 Å². The minimum Gasteiger partial charge on any atom is -0.384 e. The van der Waals surface area contributed by atoms with Crippen LogP contribution < -0.4 is 5.73 Å². The predicted molar refractivity (Wildman–Crippen MR) is 87.0 cm³/mol. The minimum atomic E-state index is -0.143. The summed E-state index contributed by atoms with van der Waals surface area (Å²) < 4.78 is 5.41. The molecule has 1 saturated heterocycles. The highest BCUT2D eigenvalue weighted by Gasteiger charge is 2.34. The van der Waals surface area contributed by atoms with Gasteiger partial charge in [0.1, 0.15) is 0 Å². The Bertz CT molecular complexity index is 344. The Hall–Kier alpha value is -0.610. The number of hydrogen-bond donors (Lipinski definition) is 1. The molecule has 0 saturated carbocycles. The van der Waals surface area contributed by atoms with Crippen LogP contribution in [0.25, 0.3) is 0 Å². The number of methoxy groups -OCH3 is 1. The summed E-state index contributed by atoms with van der Waals surface area (Å²) in [4.78, 5) is 13.8. The topological polar surface area (TPSA) is 55.6 Å². The van der Waals surface area contributed by atoms with Gasteiger partial charge in [0.15, 0.2) is 0 Å². The van der Waals surface area contributed by atoms with Gasteiger partial charge in [-0.25, -0.2) is 0 Å². The van der Waals surface area contributed by atoms with Crippen LogP contribution in [0.4, 0.5) is 0 Å². The van der Waals surface area contributed by atoms with Crippen LogP contribution in [-0.2, 0) is 9.53 Å². The predicted octanol–water partition coefficient (Wildman–Crippen LogP) is 2.66. The number of likely N-dealkylation sites (tertiary alicyclic amines) is 1. The lowest BCUT2D eigenvalue weighted by Crippen LogP contribution is -2.46. The van der Waals surface area contributed by atoms with Crippen molar-refractivity contribution in [1.29, 1.82) is 0 Å². The molecular weight excluding hydrogens is 264 g/mol. The van der Waals surface area contributed by atoms with Gasteiger partial charge in [-0.3, -0.25) is 4.79 Å². The van der Waals surface area contributed by atoms with Gasteiger partial charge >= 0.3 is 0 Å². The molecule has 2 atom stereocenters. The van der Waals surface area contributed by atoms with Crippen molar-refractivity contribution in [2.75, 3.05) is 33.4 Å². The molecular formula is C17H34N2O2. The molecule has 1 amide bonds. The first-order chi connectivity index (χ1) is 9.71. The van der Waals surface area contributed by atoms with Crippen LogP contribution in [0.15, 0.2) is 0 Å². The van der Waals surface area contributed by atoms with Crippen molar-refractivity contribution in [3.05, 3.63) is 0 Å². The fraction of sp³-hybridized carbons (Fsp3) is 0.941. The van der Waals surface area contributed by atoms with E-state index in [4.69, 9.17) is 10.5 Å². The van der Waals surface area contributed by atoms with E-state index >= 15 is 0 Å². The van der Waals surface area contributed by atoms with E-state index in [0.29, 0.717) is 0 Å². The number of carbonyl (C=O) groups excluding carboxylic acids is 1. The molecule has 2 N–H and O–H groups in total. The number of piperidine rings is 1. The summed E-state index contributed by atoms with van der Waals surface area (Å²) >= 11 is 0. The molecule has 1 heterocycles. The Labute approximate surface area is 130 Å². The number of nitrogens with zero attached hydrogens (tertiary/aromatic N) is 1. The van der Waals surface area contributed by atoms with E-state index in [0.717, 1.165) is 51.9 Å². The maximum atomic E-state index is 11.4. The molecule has 1 fully saturated rings. The van der Waals surface area contributed by atoms with Gasteiger partial charge in [0.25, 0.3) is 0 Å². The number of amides is 1. The highest BCUT2D eigenvalue weighted by Crippen LogP contribution is 2.37. The Kier molecular flexibility index (Phi) is 6.67. The zero-order valence-electron chi connectivity index (χ0n) is 14.6. The molecule has 0 aliphatic carbocycles. The third-order valence-corrected chi connectivity index (χ3v) is 4.81. The van der Waals surface area contributed by atoms with Crippen molar-refractivity contribution in [1.82, 2.24) is 4.90 Å². The smallest absolute Gasteiger partial charge is 0.221 e. The first-order valence-electron chi connectivity index (χ1n) is 8.22. The number of rotatable bonds is 8. The highest BCUT2D eigenvalue weighted by atomic mass is 16.5. The average molecular weight is 298 g/mol. The maximum absolute atomic E-state index is 11.4. The molecule has 0 radical (unpaired) electrons. The second-order valence-corrected chi connectivity index (χ2v) is 7.91. The maximum Gasteiger partial charge on any atom is 0.221 e. The van der Waals surface area contributed by atoms with Crippen LogP contribution in [-0.4, -0.2) is 44.2 Å². The highest BCUT2D eigenvalue weighted by molar-refractivity contribution is 5.76. The van der Waals surface area contributed by atoms with E-state index in [1.54, 1.807) is 7.11 Å². The molecule has 0 aromatic carbocycles. The molecule has 2 unspecified atom stereocenters. The quantitative estimate of drug-likeness (QED) is 0.749. The van der Waals surface area contributed by atoms with E-state index in [9.17, 15) is 4.79 Å². The molecule has 4 nitrogen and oxygen atoms in total.